The molecular formula is C17H28N2O6. The van der Waals surface area contributed by atoms with Crippen LogP contribution < -0.4 is 5.32 Å². The lowest BCUT2D eigenvalue weighted by Gasteiger charge is -2.23. The number of carboxylic acid groups (broad SMARTS) is 1. The van der Waals surface area contributed by atoms with Crippen LogP contribution in [0.15, 0.2) is 12.7 Å². The molecule has 8 nitrogen and oxygen atoms in total. The summed E-state index contributed by atoms with van der Waals surface area (Å²) in [6.07, 6.45) is 2.52. The minimum Gasteiger partial charge on any atom is -0.480 e. The number of nitrogens with zero attached hydrogens (tertiary/aromatic N) is 1. The monoisotopic (exact) mass is 356 g/mol. The fourth-order valence-electron chi connectivity index (χ4n) is 2.69. The van der Waals surface area contributed by atoms with Crippen LogP contribution in [-0.2, 0) is 19.1 Å². The molecule has 2 N–H and O–H groups in total. The quantitative estimate of drug-likeness (QED) is 0.605. The highest BCUT2D eigenvalue weighted by Gasteiger charge is 2.39. The third kappa shape index (κ3) is 6.74. The number of aliphatic carboxylic acids is 1. The van der Waals surface area contributed by atoms with Crippen LogP contribution in [-0.4, -0.2) is 66.9 Å². The minimum absolute atomic E-state index is 0.0166. The lowest BCUT2D eigenvalue weighted by Crippen LogP contribution is -2.45. The summed E-state index contributed by atoms with van der Waals surface area (Å²) in [5.41, 5.74) is -0.0166. The number of likely N-dealkylation sites (tertiary alicyclic amines) is 1. The molecule has 0 spiro atoms. The lowest BCUT2D eigenvalue weighted by atomic mass is 9.86. The molecule has 0 saturated carbocycles. The van der Waals surface area contributed by atoms with Crippen LogP contribution in [0.5, 0.6) is 0 Å². The molecule has 0 bridgehead atoms. The first-order valence-corrected chi connectivity index (χ1v) is 8.26. The smallest absolute Gasteiger partial charge is 0.407 e. The molecular weight excluding hydrogens is 328 g/mol. The number of nitrogens with one attached hydrogen (secondary N) is 1. The summed E-state index contributed by atoms with van der Waals surface area (Å²) in [6, 6.07) is -0.935. The van der Waals surface area contributed by atoms with E-state index in [1.165, 1.54) is 12.0 Å². The summed E-state index contributed by atoms with van der Waals surface area (Å²) in [4.78, 5) is 36.3. The Balaban J connectivity index is 2.38. The Kier molecular flexibility index (Phi) is 7.89. The van der Waals surface area contributed by atoms with Crippen molar-refractivity contribution in [2.75, 3.05) is 26.8 Å². The van der Waals surface area contributed by atoms with Gasteiger partial charge >= 0.3 is 12.1 Å². The Morgan fingerprint density at radius 3 is 2.64 bits per heavy atom. The van der Waals surface area contributed by atoms with E-state index < -0.39 is 24.0 Å². The van der Waals surface area contributed by atoms with Crippen molar-refractivity contribution in [2.45, 2.75) is 45.3 Å². The maximum Gasteiger partial charge on any atom is 0.407 e. The van der Waals surface area contributed by atoms with Gasteiger partial charge in [0.2, 0.25) is 5.91 Å². The van der Waals surface area contributed by atoms with Gasteiger partial charge in [-0.1, -0.05) is 19.9 Å². The maximum absolute atomic E-state index is 12.2. The molecule has 0 aromatic rings. The van der Waals surface area contributed by atoms with Gasteiger partial charge in [-0.05, 0) is 18.3 Å². The van der Waals surface area contributed by atoms with E-state index in [2.05, 4.69) is 11.9 Å². The van der Waals surface area contributed by atoms with Crippen molar-refractivity contribution in [1.82, 2.24) is 10.2 Å². The molecule has 0 aliphatic carbocycles. The Hall–Kier alpha value is -2.09. The first kappa shape index (κ1) is 21.0. The molecule has 1 aliphatic rings. The zero-order valence-electron chi connectivity index (χ0n) is 15.1. The van der Waals surface area contributed by atoms with Crippen molar-refractivity contribution < 1.29 is 29.0 Å². The van der Waals surface area contributed by atoms with E-state index in [-0.39, 0.29) is 37.6 Å². The average molecular weight is 356 g/mol. The maximum atomic E-state index is 12.2. The normalized spacial score (nSPS) is 20.2. The number of carbonyl (C=O) groups excluding carboxylic acids is 2. The first-order chi connectivity index (χ1) is 11.7. The van der Waals surface area contributed by atoms with Crippen LogP contribution in [0.4, 0.5) is 4.79 Å². The van der Waals surface area contributed by atoms with Crippen LogP contribution in [0.3, 0.4) is 0 Å². The minimum atomic E-state index is -1.08. The highest BCUT2D eigenvalue weighted by atomic mass is 16.5. The van der Waals surface area contributed by atoms with Crippen molar-refractivity contribution in [3.05, 3.63) is 12.7 Å². The number of carbonyl (C=O) groups is 3. The number of ether oxygens (including phenoxy) is 2. The summed E-state index contributed by atoms with van der Waals surface area (Å²) < 4.78 is 10.2. The lowest BCUT2D eigenvalue weighted by molar-refractivity contribution is -0.147. The largest absolute Gasteiger partial charge is 0.480 e. The molecule has 8 heteroatoms. The Morgan fingerprint density at radius 1 is 1.40 bits per heavy atom. The number of hydrogen-bond acceptors (Lipinski definition) is 5. The summed E-state index contributed by atoms with van der Waals surface area (Å²) in [6.45, 7) is 7.90. The van der Waals surface area contributed by atoms with Gasteiger partial charge in [0.25, 0.3) is 0 Å². The van der Waals surface area contributed by atoms with Gasteiger partial charge in [-0.15, -0.1) is 6.58 Å². The average Bonchev–Trinajstić information content (AvgIpc) is 2.97. The molecule has 0 aromatic heterocycles. The van der Waals surface area contributed by atoms with Crippen molar-refractivity contribution >= 4 is 18.0 Å². The van der Waals surface area contributed by atoms with E-state index in [4.69, 9.17) is 9.47 Å². The summed E-state index contributed by atoms with van der Waals surface area (Å²) in [5.74, 6) is -1.56. The number of methoxy groups -OCH3 is 1. The molecule has 1 fully saturated rings. The molecule has 0 aromatic carbocycles. The van der Waals surface area contributed by atoms with E-state index in [0.29, 0.717) is 6.42 Å². The molecule has 2 amide bonds. The van der Waals surface area contributed by atoms with Gasteiger partial charge in [-0.25, -0.2) is 9.59 Å². The molecule has 1 saturated heterocycles. The van der Waals surface area contributed by atoms with Gasteiger partial charge < -0.3 is 24.8 Å². The van der Waals surface area contributed by atoms with Crippen LogP contribution in [0.25, 0.3) is 0 Å². The molecule has 25 heavy (non-hydrogen) atoms. The van der Waals surface area contributed by atoms with E-state index >= 15 is 0 Å². The zero-order valence-corrected chi connectivity index (χ0v) is 15.1. The summed E-state index contributed by atoms with van der Waals surface area (Å²) in [5, 5.41) is 11.6. The van der Waals surface area contributed by atoms with Crippen molar-refractivity contribution in [3.63, 3.8) is 0 Å². The molecule has 2 atom stereocenters. The predicted molar refractivity (Wildman–Crippen MR) is 91.1 cm³/mol. The highest BCUT2D eigenvalue weighted by Crippen LogP contribution is 2.25. The van der Waals surface area contributed by atoms with Crippen LogP contribution in [0, 0.1) is 5.41 Å². The number of rotatable bonds is 9. The van der Waals surface area contributed by atoms with Crippen molar-refractivity contribution in [3.8, 4) is 0 Å². The van der Waals surface area contributed by atoms with Gasteiger partial charge in [-0.3, -0.25) is 4.79 Å². The number of hydrogen-bond donors (Lipinski definition) is 2. The first-order valence-electron chi connectivity index (χ1n) is 8.26. The van der Waals surface area contributed by atoms with Gasteiger partial charge in [-0.2, -0.15) is 0 Å². The van der Waals surface area contributed by atoms with E-state index in [0.717, 1.165) is 6.42 Å². The standard InChI is InChI=1S/C17H28N2O6/c1-5-6-17(2,3)7-8-25-16(23)18-10-14(20)19-11-12(24-4)9-13(19)15(21)22/h5,12-13H,1,6-11H2,2-4H3,(H,18,23)(H,21,22)/t12-,13?/m0/s1. The second-order valence-corrected chi connectivity index (χ2v) is 6.89. The van der Waals surface area contributed by atoms with Crippen LogP contribution in [0.1, 0.15) is 33.1 Å². The molecule has 1 rings (SSSR count). The number of alkyl carbamates (subject to hydrolysis) is 1. The Morgan fingerprint density at radius 2 is 2.08 bits per heavy atom. The van der Waals surface area contributed by atoms with Crippen LogP contribution in [0.2, 0.25) is 0 Å². The van der Waals surface area contributed by atoms with Gasteiger partial charge in [0, 0.05) is 20.1 Å². The van der Waals surface area contributed by atoms with Gasteiger partial charge in [0.15, 0.2) is 0 Å². The number of allylic oxidation sites excluding steroid dienone is 1. The van der Waals surface area contributed by atoms with E-state index in [1.54, 1.807) is 0 Å². The van der Waals surface area contributed by atoms with Crippen molar-refractivity contribution in [2.24, 2.45) is 5.41 Å². The SMILES string of the molecule is C=CCC(C)(C)CCOC(=O)NCC(=O)N1C[C@@H](OC)CC1C(=O)O. The summed E-state index contributed by atoms with van der Waals surface area (Å²) in [7, 11) is 1.47. The summed E-state index contributed by atoms with van der Waals surface area (Å²) >= 11 is 0. The number of amides is 2. The van der Waals surface area contributed by atoms with E-state index in [9.17, 15) is 19.5 Å². The third-order valence-electron chi connectivity index (χ3n) is 4.29. The Labute approximate surface area is 148 Å². The molecule has 1 unspecified atom stereocenters. The predicted octanol–water partition coefficient (Wildman–Crippen LogP) is 1.41. The van der Waals surface area contributed by atoms with Gasteiger partial charge in [0.1, 0.15) is 12.6 Å². The fraction of sp³-hybridized carbons (Fsp3) is 0.706. The molecule has 1 heterocycles. The topological polar surface area (TPSA) is 105 Å². The molecule has 142 valence electrons. The second-order valence-electron chi connectivity index (χ2n) is 6.89. The number of carboxylic acids is 1. The third-order valence-corrected chi connectivity index (χ3v) is 4.29. The Bertz CT molecular complexity index is 505. The second kappa shape index (κ2) is 9.41. The molecule has 0 radical (unpaired) electrons. The van der Waals surface area contributed by atoms with Crippen LogP contribution >= 0.6 is 0 Å². The fourth-order valence-corrected chi connectivity index (χ4v) is 2.69. The highest BCUT2D eigenvalue weighted by molar-refractivity contribution is 5.87. The molecule has 1 aliphatic heterocycles. The van der Waals surface area contributed by atoms with Crippen molar-refractivity contribution in [1.29, 1.82) is 0 Å². The van der Waals surface area contributed by atoms with Gasteiger partial charge in [0.05, 0.1) is 12.7 Å². The zero-order chi connectivity index (χ0) is 19.0. The van der Waals surface area contributed by atoms with E-state index in [1.807, 2.05) is 19.9 Å².